The lowest BCUT2D eigenvalue weighted by molar-refractivity contribution is -0.133. The lowest BCUT2D eigenvalue weighted by Crippen LogP contribution is -2.63. The van der Waals surface area contributed by atoms with E-state index in [0.29, 0.717) is 19.4 Å². The standard InChI is InChI=1S/C25H44N14O7.H2O4S/c1-11-19(41)36-15(9-32-17(40)7-12(27)3-2-5-26)21(43)37-16(10-34-25(30)46)22(44)39-18(14-4-6-31-24(29)38-14)23(45)33-8-13(28)20(42)35-11;1-5(2,3)4/h10-15,18H,2-9,26-28H2,1H3,(H,32,40)(H,33,45)(H,35,42)(H,36,41)(H,37,43)(H,39,44)(H3,29,31,38)(H3,30,34,46);(H2,1,2,3,4). The summed E-state index contributed by atoms with van der Waals surface area (Å²) >= 11 is 0. The minimum Gasteiger partial charge on any atom is -0.370 e. The van der Waals surface area contributed by atoms with Crippen LogP contribution < -0.4 is 71.2 Å². The van der Waals surface area contributed by atoms with Crippen LogP contribution in [0.1, 0.15) is 32.6 Å². The highest BCUT2D eigenvalue weighted by atomic mass is 32.3. The summed E-state index contributed by atoms with van der Waals surface area (Å²) in [7, 11) is -4.67. The van der Waals surface area contributed by atoms with Crippen molar-refractivity contribution in [1.29, 1.82) is 0 Å². The first-order valence-corrected chi connectivity index (χ1v) is 16.6. The van der Waals surface area contributed by atoms with Crippen molar-refractivity contribution in [2.45, 2.75) is 68.9 Å². The van der Waals surface area contributed by atoms with Gasteiger partial charge in [0.05, 0.1) is 6.04 Å². The van der Waals surface area contributed by atoms with Crippen molar-refractivity contribution in [3.63, 3.8) is 0 Å². The SMILES string of the molecule is CC1NC(=O)C(N)CNC(=O)C(C2CCN=C(N)N2)NC(=O)C(=CNC(N)=O)NC(=O)C(CNC(=O)CC(N)CCCN)NC1=O.O=S(=O)(O)O. The van der Waals surface area contributed by atoms with Crippen LogP contribution in [0.3, 0.4) is 0 Å². The smallest absolute Gasteiger partial charge is 0.370 e. The molecule has 6 unspecified atom stereocenters. The third-order valence-corrected chi connectivity index (χ3v) is 6.84. The summed E-state index contributed by atoms with van der Waals surface area (Å²) < 4.78 is 31.6. The van der Waals surface area contributed by atoms with Crippen molar-refractivity contribution in [2.75, 3.05) is 26.2 Å². The highest BCUT2D eigenvalue weighted by Crippen LogP contribution is 2.07. The van der Waals surface area contributed by atoms with Crippen molar-refractivity contribution >= 4 is 57.8 Å². The van der Waals surface area contributed by atoms with Gasteiger partial charge in [-0.25, -0.2) is 4.79 Å². The van der Waals surface area contributed by atoms with Gasteiger partial charge >= 0.3 is 16.4 Å². The number of nitrogens with one attached hydrogen (secondary N) is 8. The summed E-state index contributed by atoms with van der Waals surface area (Å²) in [6.07, 6.45) is 2.01. The van der Waals surface area contributed by atoms with Gasteiger partial charge in [0.15, 0.2) is 5.96 Å². The number of urea groups is 1. The summed E-state index contributed by atoms with van der Waals surface area (Å²) in [5.74, 6) is -5.04. The zero-order valence-electron chi connectivity index (χ0n) is 27.5. The molecule has 2 aliphatic rings. The van der Waals surface area contributed by atoms with Gasteiger partial charge in [-0.05, 0) is 32.7 Å². The summed E-state index contributed by atoms with van der Waals surface area (Å²) in [6, 6.07) is -7.79. The lowest BCUT2D eigenvalue weighted by atomic mass is 10.0. The number of carbonyl (C=O) groups is 7. The number of hydrogen-bond donors (Lipinski definition) is 15. The molecule has 0 aliphatic carbocycles. The molecular formula is C25H46N14O11S. The number of hydrogen-bond acceptors (Lipinski definition) is 15. The zero-order valence-corrected chi connectivity index (χ0v) is 28.3. The predicted octanol–water partition coefficient (Wildman–Crippen LogP) is -7.86. The Hall–Kier alpha value is -5.15. The first-order valence-electron chi connectivity index (χ1n) is 15.2. The molecule has 0 radical (unpaired) electrons. The Morgan fingerprint density at radius 2 is 1.69 bits per heavy atom. The van der Waals surface area contributed by atoms with Crippen LogP contribution in [-0.2, 0) is 39.2 Å². The average molecular weight is 751 g/mol. The fourth-order valence-electron chi connectivity index (χ4n) is 4.28. The molecule has 0 bridgehead atoms. The van der Waals surface area contributed by atoms with E-state index in [1.807, 2.05) is 0 Å². The van der Waals surface area contributed by atoms with Gasteiger partial charge in [0.25, 0.3) is 5.91 Å². The van der Waals surface area contributed by atoms with E-state index in [1.165, 1.54) is 6.92 Å². The summed E-state index contributed by atoms with van der Waals surface area (Å²) in [6.45, 7) is 1.08. The first-order chi connectivity index (χ1) is 23.7. The van der Waals surface area contributed by atoms with E-state index in [9.17, 15) is 33.6 Å². The van der Waals surface area contributed by atoms with Crippen molar-refractivity contribution in [2.24, 2.45) is 33.7 Å². The van der Waals surface area contributed by atoms with Crippen LogP contribution in [0.4, 0.5) is 4.79 Å². The lowest BCUT2D eigenvalue weighted by Gasteiger charge is -2.31. The van der Waals surface area contributed by atoms with Crippen LogP contribution in [-0.4, -0.2) is 127 Å². The van der Waals surface area contributed by atoms with Crippen LogP contribution in [0, 0.1) is 0 Å². The summed E-state index contributed by atoms with van der Waals surface area (Å²) in [5, 5.41) is 19.4. The monoisotopic (exact) mass is 750 g/mol. The zero-order chi connectivity index (χ0) is 38.9. The minimum atomic E-state index is -4.67. The second-order valence-electron chi connectivity index (χ2n) is 11.1. The van der Waals surface area contributed by atoms with Gasteiger partial charge in [0.2, 0.25) is 29.5 Å². The fraction of sp³-hybridized carbons (Fsp3) is 0.600. The summed E-state index contributed by atoms with van der Waals surface area (Å²) in [5.41, 5.74) is 27.7. The Labute approximate surface area is 292 Å². The highest BCUT2D eigenvalue weighted by molar-refractivity contribution is 7.79. The molecule has 20 N–H and O–H groups in total. The molecule has 25 nitrogen and oxygen atoms in total. The molecule has 6 atom stereocenters. The Balaban J connectivity index is 0.00000242. The number of amides is 8. The molecule has 26 heteroatoms. The van der Waals surface area contributed by atoms with Crippen molar-refractivity contribution < 1.29 is 51.1 Å². The maximum atomic E-state index is 13.4. The van der Waals surface area contributed by atoms with Crippen molar-refractivity contribution in [3.8, 4) is 0 Å². The first kappa shape index (κ1) is 43.9. The molecule has 2 heterocycles. The molecule has 2 aliphatic heterocycles. The molecule has 0 aromatic rings. The Morgan fingerprint density at radius 3 is 2.27 bits per heavy atom. The van der Waals surface area contributed by atoms with Crippen molar-refractivity contribution in [3.05, 3.63) is 11.9 Å². The molecule has 0 spiro atoms. The third-order valence-electron chi connectivity index (χ3n) is 6.84. The van der Waals surface area contributed by atoms with E-state index in [2.05, 4.69) is 47.5 Å². The van der Waals surface area contributed by atoms with Gasteiger partial charge in [-0.2, -0.15) is 8.42 Å². The van der Waals surface area contributed by atoms with Gasteiger partial charge in [0.1, 0.15) is 29.9 Å². The number of guanidine groups is 1. The average Bonchev–Trinajstić information content (AvgIpc) is 3.03. The number of primary amides is 1. The molecular weight excluding hydrogens is 704 g/mol. The fourth-order valence-corrected chi connectivity index (χ4v) is 4.28. The van der Waals surface area contributed by atoms with E-state index >= 15 is 0 Å². The predicted molar refractivity (Wildman–Crippen MR) is 177 cm³/mol. The Kier molecular flexibility index (Phi) is 18.2. The minimum absolute atomic E-state index is 0.0101. The van der Waals surface area contributed by atoms with Gasteiger partial charge in [-0.3, -0.25) is 42.9 Å². The molecule has 1 saturated heterocycles. The number of rotatable bonds is 9. The number of nitrogens with two attached hydrogens (primary N) is 5. The van der Waals surface area contributed by atoms with Crippen LogP contribution in [0.5, 0.6) is 0 Å². The molecule has 0 aromatic carbocycles. The molecule has 0 aromatic heterocycles. The number of carbonyl (C=O) groups excluding carboxylic acids is 7. The van der Waals surface area contributed by atoms with E-state index < -0.39 is 100 Å². The largest absolute Gasteiger partial charge is 0.394 e. The van der Waals surface area contributed by atoms with E-state index in [-0.39, 0.29) is 31.9 Å². The van der Waals surface area contributed by atoms with Crippen molar-refractivity contribution in [1.82, 2.24) is 42.5 Å². The third kappa shape index (κ3) is 17.9. The molecule has 51 heavy (non-hydrogen) atoms. The quantitative estimate of drug-likeness (QED) is 0.0768. The second-order valence-corrected chi connectivity index (χ2v) is 12.0. The number of nitrogens with zero attached hydrogens (tertiary/aromatic N) is 1. The molecule has 0 saturated carbocycles. The van der Waals surface area contributed by atoms with E-state index in [1.54, 1.807) is 0 Å². The summed E-state index contributed by atoms with van der Waals surface area (Å²) in [4.78, 5) is 93.7. The molecule has 1 fully saturated rings. The highest BCUT2D eigenvalue weighted by Gasteiger charge is 2.34. The van der Waals surface area contributed by atoms with Gasteiger partial charge in [0, 0.05) is 38.3 Å². The molecule has 288 valence electrons. The maximum Gasteiger partial charge on any atom is 0.394 e. The normalized spacial score (nSPS) is 25.1. The van der Waals surface area contributed by atoms with Crippen LogP contribution in [0.2, 0.25) is 0 Å². The van der Waals surface area contributed by atoms with Gasteiger partial charge in [-0.1, -0.05) is 0 Å². The van der Waals surface area contributed by atoms with Gasteiger partial charge in [-0.15, -0.1) is 0 Å². The molecule has 2 rings (SSSR count). The van der Waals surface area contributed by atoms with Gasteiger partial charge < -0.3 is 71.2 Å². The number of aliphatic imine (C=N–C) groups is 1. The van der Waals surface area contributed by atoms with E-state index in [4.69, 9.17) is 46.2 Å². The Bertz CT molecular complexity index is 1450. The van der Waals surface area contributed by atoms with Crippen LogP contribution in [0.25, 0.3) is 0 Å². The topological polar surface area (TPSA) is 433 Å². The van der Waals surface area contributed by atoms with E-state index in [0.717, 1.165) is 6.20 Å². The van der Waals surface area contributed by atoms with Crippen LogP contribution >= 0.6 is 0 Å². The maximum absolute atomic E-state index is 13.4. The van der Waals surface area contributed by atoms with Crippen LogP contribution in [0.15, 0.2) is 16.9 Å². The Morgan fingerprint density at radius 1 is 1.04 bits per heavy atom. The second kappa shape index (κ2) is 21.2. The molecule has 8 amide bonds.